The van der Waals surface area contributed by atoms with Crippen LogP contribution in [0.1, 0.15) is 26.7 Å². The third-order valence-electron chi connectivity index (χ3n) is 4.66. The number of hydrogen-bond donors (Lipinski definition) is 2. The topological polar surface area (TPSA) is 50.9 Å². The van der Waals surface area contributed by atoms with E-state index in [0.29, 0.717) is 12.0 Å². The molecule has 3 N–H and O–H groups in total. The molecule has 1 heterocycles. The molecule has 106 valence electrons. The van der Waals surface area contributed by atoms with Crippen molar-refractivity contribution in [3.8, 4) is 0 Å². The zero-order chi connectivity index (χ0) is 14.3. The van der Waals surface area contributed by atoms with Crippen LogP contribution in [-0.4, -0.2) is 11.0 Å². The van der Waals surface area contributed by atoms with Crippen molar-refractivity contribution < 1.29 is 0 Å². The lowest BCUT2D eigenvalue weighted by molar-refractivity contribution is 0.435. The van der Waals surface area contributed by atoms with Crippen molar-refractivity contribution in [3.63, 3.8) is 0 Å². The van der Waals surface area contributed by atoms with Gasteiger partial charge in [0.1, 0.15) is 0 Å². The number of benzene rings is 1. The molecule has 3 atom stereocenters. The Morgan fingerprint density at radius 3 is 2.80 bits per heavy atom. The van der Waals surface area contributed by atoms with Gasteiger partial charge in [-0.05, 0) is 58.8 Å². The highest BCUT2D eigenvalue weighted by Gasteiger charge is 2.29. The minimum Gasteiger partial charge on any atom is -0.398 e. The quantitative estimate of drug-likeness (QED) is 0.799. The van der Waals surface area contributed by atoms with Crippen molar-refractivity contribution in [2.24, 2.45) is 11.8 Å². The number of aromatic nitrogens is 1. The molecule has 0 amide bonds. The Hall–Kier alpha value is -1.29. The number of nitrogens with zero attached hydrogens (tertiary/aromatic N) is 1. The number of pyridine rings is 1. The van der Waals surface area contributed by atoms with E-state index < -0.39 is 0 Å². The lowest BCUT2D eigenvalue weighted by atomic mass is 9.97. The zero-order valence-electron chi connectivity index (χ0n) is 11.9. The Bertz CT molecular complexity index is 641. The Labute approximate surface area is 128 Å². The monoisotopic (exact) mass is 333 g/mol. The van der Waals surface area contributed by atoms with E-state index >= 15 is 0 Å². The van der Waals surface area contributed by atoms with Gasteiger partial charge in [0, 0.05) is 27.8 Å². The summed E-state index contributed by atoms with van der Waals surface area (Å²) in [5.41, 5.74) is 8.88. The summed E-state index contributed by atoms with van der Waals surface area (Å²) in [5, 5.41) is 4.68. The van der Waals surface area contributed by atoms with Crippen LogP contribution in [0.5, 0.6) is 0 Å². The van der Waals surface area contributed by atoms with Crippen molar-refractivity contribution in [1.29, 1.82) is 0 Å². The number of rotatable bonds is 2. The summed E-state index contributed by atoms with van der Waals surface area (Å²) in [5.74, 6) is 1.48. The zero-order valence-corrected chi connectivity index (χ0v) is 13.4. The maximum absolute atomic E-state index is 6.06. The summed E-state index contributed by atoms with van der Waals surface area (Å²) in [4.78, 5) is 4.54. The summed E-state index contributed by atoms with van der Waals surface area (Å²) in [7, 11) is 0. The van der Waals surface area contributed by atoms with Crippen LogP contribution in [0.3, 0.4) is 0 Å². The van der Waals surface area contributed by atoms with Crippen LogP contribution in [0.25, 0.3) is 10.9 Å². The van der Waals surface area contributed by atoms with Crippen LogP contribution in [0.15, 0.2) is 28.9 Å². The lowest BCUT2D eigenvalue weighted by Gasteiger charge is -2.22. The highest BCUT2D eigenvalue weighted by atomic mass is 79.9. The molecule has 0 aliphatic heterocycles. The molecule has 20 heavy (non-hydrogen) atoms. The summed E-state index contributed by atoms with van der Waals surface area (Å²) < 4.78 is 0.955. The smallest absolute Gasteiger partial charge is 0.0954 e. The number of hydrogen-bond acceptors (Lipinski definition) is 3. The van der Waals surface area contributed by atoms with Crippen molar-refractivity contribution in [1.82, 2.24) is 4.98 Å². The Morgan fingerprint density at radius 2 is 2.10 bits per heavy atom. The molecule has 1 aromatic carbocycles. The normalized spacial score (nSPS) is 26.1. The van der Waals surface area contributed by atoms with Crippen LogP contribution < -0.4 is 11.1 Å². The minimum absolute atomic E-state index is 0.530. The van der Waals surface area contributed by atoms with E-state index in [0.717, 1.165) is 32.7 Å². The summed E-state index contributed by atoms with van der Waals surface area (Å²) in [6.45, 7) is 4.67. The Balaban J connectivity index is 1.98. The van der Waals surface area contributed by atoms with Crippen LogP contribution in [0.4, 0.5) is 11.4 Å². The van der Waals surface area contributed by atoms with Gasteiger partial charge in [0.25, 0.3) is 0 Å². The van der Waals surface area contributed by atoms with Crippen molar-refractivity contribution in [2.75, 3.05) is 11.1 Å². The fourth-order valence-electron chi connectivity index (χ4n) is 3.10. The summed E-state index contributed by atoms with van der Waals surface area (Å²) in [6.07, 6.45) is 4.35. The second-order valence-electron chi connectivity index (χ2n) is 5.92. The SMILES string of the molecule is CC1CCC(Nc2ccc(N)c3cc(Br)cnc23)C1C. The van der Waals surface area contributed by atoms with Crippen LogP contribution in [0, 0.1) is 11.8 Å². The van der Waals surface area contributed by atoms with E-state index in [-0.39, 0.29) is 0 Å². The van der Waals surface area contributed by atoms with Crippen molar-refractivity contribution >= 4 is 38.2 Å². The number of fused-ring (bicyclic) bond motifs is 1. The van der Waals surface area contributed by atoms with Gasteiger partial charge in [-0.2, -0.15) is 0 Å². The lowest BCUT2D eigenvalue weighted by Crippen LogP contribution is -2.24. The van der Waals surface area contributed by atoms with Crippen molar-refractivity contribution in [3.05, 3.63) is 28.9 Å². The Morgan fingerprint density at radius 1 is 1.30 bits per heavy atom. The van der Waals surface area contributed by atoms with Crippen LogP contribution in [-0.2, 0) is 0 Å². The number of halogens is 1. The molecule has 3 unspecified atom stereocenters. The third-order valence-corrected chi connectivity index (χ3v) is 5.09. The first-order chi connectivity index (χ1) is 9.56. The second-order valence-corrected chi connectivity index (χ2v) is 6.83. The largest absolute Gasteiger partial charge is 0.398 e. The third kappa shape index (κ3) is 2.37. The molecule has 0 spiro atoms. The fourth-order valence-corrected chi connectivity index (χ4v) is 3.43. The molecule has 3 rings (SSSR count). The van der Waals surface area contributed by atoms with Gasteiger partial charge in [0.2, 0.25) is 0 Å². The van der Waals surface area contributed by atoms with Crippen LogP contribution >= 0.6 is 15.9 Å². The molecule has 1 fully saturated rings. The number of anilines is 2. The van der Waals surface area contributed by atoms with Gasteiger partial charge in [0.05, 0.1) is 11.2 Å². The molecule has 3 nitrogen and oxygen atoms in total. The molecular formula is C16H20BrN3. The van der Waals surface area contributed by atoms with E-state index in [4.69, 9.17) is 5.73 Å². The predicted octanol–water partition coefficient (Wildman–Crippen LogP) is 4.43. The maximum Gasteiger partial charge on any atom is 0.0954 e. The van der Waals surface area contributed by atoms with Gasteiger partial charge in [-0.25, -0.2) is 0 Å². The summed E-state index contributed by atoms with van der Waals surface area (Å²) in [6, 6.07) is 6.57. The van der Waals surface area contributed by atoms with E-state index in [1.807, 2.05) is 24.4 Å². The predicted molar refractivity (Wildman–Crippen MR) is 88.8 cm³/mol. The standard InChI is InChI=1S/C16H20BrN3/c1-9-3-5-14(10(9)2)20-15-6-4-13(18)12-7-11(17)8-19-16(12)15/h4,6-10,14,20H,3,5,18H2,1-2H3. The average molecular weight is 334 g/mol. The average Bonchev–Trinajstić information content (AvgIpc) is 2.74. The highest BCUT2D eigenvalue weighted by Crippen LogP contribution is 2.35. The van der Waals surface area contributed by atoms with Crippen LogP contribution in [0.2, 0.25) is 0 Å². The summed E-state index contributed by atoms with van der Waals surface area (Å²) >= 11 is 3.46. The first-order valence-electron chi connectivity index (χ1n) is 7.16. The maximum atomic E-state index is 6.06. The molecular weight excluding hydrogens is 314 g/mol. The van der Waals surface area contributed by atoms with Gasteiger partial charge in [0.15, 0.2) is 0 Å². The van der Waals surface area contributed by atoms with Gasteiger partial charge < -0.3 is 11.1 Å². The number of nitrogen functional groups attached to an aromatic ring is 1. The van der Waals surface area contributed by atoms with Gasteiger partial charge in [-0.1, -0.05) is 13.8 Å². The first kappa shape index (κ1) is 13.7. The number of nitrogens with one attached hydrogen (secondary N) is 1. The first-order valence-corrected chi connectivity index (χ1v) is 7.96. The van der Waals surface area contributed by atoms with E-state index in [9.17, 15) is 0 Å². The van der Waals surface area contributed by atoms with Gasteiger partial charge in [-0.15, -0.1) is 0 Å². The Kier molecular flexibility index (Phi) is 3.59. The molecule has 1 aromatic heterocycles. The molecule has 1 aliphatic carbocycles. The van der Waals surface area contributed by atoms with Gasteiger partial charge >= 0.3 is 0 Å². The minimum atomic E-state index is 0.530. The van der Waals surface area contributed by atoms with Crippen molar-refractivity contribution in [2.45, 2.75) is 32.7 Å². The number of nitrogens with two attached hydrogens (primary N) is 1. The molecule has 0 radical (unpaired) electrons. The highest BCUT2D eigenvalue weighted by molar-refractivity contribution is 9.10. The molecule has 1 aliphatic rings. The molecule has 0 saturated heterocycles. The van der Waals surface area contributed by atoms with Gasteiger partial charge in [-0.3, -0.25) is 4.98 Å². The molecule has 4 heteroatoms. The van der Waals surface area contributed by atoms with E-state index in [1.165, 1.54) is 12.8 Å². The fraction of sp³-hybridized carbons (Fsp3) is 0.438. The second kappa shape index (κ2) is 5.24. The van der Waals surface area contributed by atoms with E-state index in [1.54, 1.807) is 0 Å². The molecule has 2 aromatic rings. The van der Waals surface area contributed by atoms with E-state index in [2.05, 4.69) is 40.1 Å². The molecule has 0 bridgehead atoms. The molecule has 1 saturated carbocycles.